The molecule has 1 rings (SSSR count). The van der Waals surface area contributed by atoms with Crippen LogP contribution in [0.25, 0.3) is 0 Å². The molecule has 1 aliphatic heterocycles. The van der Waals surface area contributed by atoms with Gasteiger partial charge in [0.2, 0.25) is 0 Å². The molecule has 0 aromatic heterocycles. The fourth-order valence-corrected chi connectivity index (χ4v) is 9.90. The van der Waals surface area contributed by atoms with Crippen molar-refractivity contribution in [3.05, 3.63) is 0 Å². The first-order valence-electron chi connectivity index (χ1n) is 5.91. The Labute approximate surface area is 98.0 Å². The summed E-state index contributed by atoms with van der Waals surface area (Å²) in [6.07, 6.45) is 0. The summed E-state index contributed by atoms with van der Waals surface area (Å²) in [5, 5.41) is 0.195. The zero-order valence-corrected chi connectivity index (χ0v) is 14.0. The fraction of sp³-hybridized carbons (Fsp3) is 1.00. The summed E-state index contributed by atoms with van der Waals surface area (Å²) in [5.74, 6) is 0.666. The largest absolute Gasteiger partial charge is 0.426 e. The zero-order valence-electron chi connectivity index (χ0n) is 11.0. The van der Waals surface area contributed by atoms with Gasteiger partial charge >= 0.3 is 8.72 Å². The van der Waals surface area contributed by atoms with E-state index in [0.29, 0.717) is 5.92 Å². The topological polar surface area (TPSA) is 21.7 Å². The Morgan fingerprint density at radius 2 is 1.80 bits per heavy atom. The van der Waals surface area contributed by atoms with Crippen molar-refractivity contribution in [2.75, 3.05) is 19.8 Å². The standard InChI is InChI=1S/C10H25NO2Si2/c1-6-12-15(13-7-2)10(4,5)9(3)8-11(15)14/h9H,6-8H2,1-5,14H3. The highest BCUT2D eigenvalue weighted by Crippen LogP contribution is 2.51. The average molecular weight is 247 g/mol. The molecule has 0 bridgehead atoms. The van der Waals surface area contributed by atoms with E-state index in [2.05, 4.69) is 38.8 Å². The summed E-state index contributed by atoms with van der Waals surface area (Å²) < 4.78 is 14.7. The van der Waals surface area contributed by atoms with Crippen LogP contribution < -0.4 is 0 Å². The molecule has 1 unspecified atom stereocenters. The van der Waals surface area contributed by atoms with E-state index < -0.39 is 8.72 Å². The lowest BCUT2D eigenvalue weighted by atomic mass is 9.97. The van der Waals surface area contributed by atoms with Crippen molar-refractivity contribution in [2.45, 2.75) is 39.7 Å². The molecule has 0 N–H and O–H groups in total. The maximum atomic E-state index is 6.11. The Morgan fingerprint density at radius 1 is 1.33 bits per heavy atom. The van der Waals surface area contributed by atoms with Gasteiger partial charge in [-0.1, -0.05) is 20.8 Å². The van der Waals surface area contributed by atoms with Gasteiger partial charge in [-0.3, -0.25) is 0 Å². The van der Waals surface area contributed by atoms with E-state index in [1.54, 1.807) is 0 Å². The first-order valence-corrected chi connectivity index (χ1v) is 8.57. The third kappa shape index (κ3) is 1.96. The molecule has 15 heavy (non-hydrogen) atoms. The highest BCUT2D eigenvalue weighted by atomic mass is 28.4. The molecule has 5 heteroatoms. The summed E-state index contributed by atoms with van der Waals surface area (Å²) in [6.45, 7) is 13.8. The van der Waals surface area contributed by atoms with Crippen LogP contribution in [0.5, 0.6) is 0 Å². The van der Waals surface area contributed by atoms with Gasteiger partial charge in [-0.2, -0.15) is 0 Å². The molecule has 1 aliphatic rings. The normalized spacial score (nSPS) is 29.8. The second-order valence-electron chi connectivity index (χ2n) is 4.95. The van der Waals surface area contributed by atoms with Crippen LogP contribution in [0, 0.1) is 5.92 Å². The summed E-state index contributed by atoms with van der Waals surface area (Å²) in [5.41, 5.74) is 0. The summed E-state index contributed by atoms with van der Waals surface area (Å²) in [4.78, 5) is 0. The monoisotopic (exact) mass is 247 g/mol. The van der Waals surface area contributed by atoms with Gasteiger partial charge < -0.3 is 13.1 Å². The van der Waals surface area contributed by atoms with Crippen molar-refractivity contribution in [3.8, 4) is 0 Å². The average Bonchev–Trinajstić information content (AvgIpc) is 2.29. The minimum Gasteiger partial charge on any atom is -0.383 e. The van der Waals surface area contributed by atoms with E-state index in [0.717, 1.165) is 30.2 Å². The van der Waals surface area contributed by atoms with Gasteiger partial charge in [0.25, 0.3) is 0 Å². The predicted molar refractivity (Wildman–Crippen MR) is 68.9 cm³/mol. The molecule has 0 saturated carbocycles. The molecule has 0 aromatic carbocycles. The molecule has 0 spiro atoms. The molecule has 0 radical (unpaired) electrons. The lowest BCUT2D eigenvalue weighted by Crippen LogP contribution is -2.59. The van der Waals surface area contributed by atoms with Crippen LogP contribution in [-0.2, 0) is 8.85 Å². The second kappa shape index (κ2) is 4.67. The summed E-state index contributed by atoms with van der Waals surface area (Å²) >= 11 is 0. The Hall–Kier alpha value is 0.314. The SMILES string of the molecule is CCO[Si]1(OCC)N([SiH3])CC(C)C1(C)C. The van der Waals surface area contributed by atoms with Crippen LogP contribution in [0.3, 0.4) is 0 Å². The minimum absolute atomic E-state index is 0.195. The first kappa shape index (κ1) is 13.4. The molecule has 1 heterocycles. The lowest BCUT2D eigenvalue weighted by Gasteiger charge is -2.41. The Morgan fingerprint density at radius 3 is 2.07 bits per heavy atom. The van der Waals surface area contributed by atoms with Crippen molar-refractivity contribution in [1.82, 2.24) is 4.23 Å². The Balaban J connectivity index is 3.01. The number of hydrogen-bond donors (Lipinski definition) is 0. The van der Waals surface area contributed by atoms with Crippen molar-refractivity contribution in [1.29, 1.82) is 0 Å². The van der Waals surface area contributed by atoms with E-state index in [-0.39, 0.29) is 5.04 Å². The van der Waals surface area contributed by atoms with Crippen LogP contribution in [0.2, 0.25) is 5.04 Å². The molecule has 1 saturated heterocycles. The Kier molecular flexibility index (Phi) is 4.16. The van der Waals surface area contributed by atoms with Gasteiger partial charge in [0.15, 0.2) is 0 Å². The van der Waals surface area contributed by atoms with Gasteiger partial charge in [0.05, 0.1) is 10.4 Å². The van der Waals surface area contributed by atoms with Gasteiger partial charge in [-0.25, -0.2) is 0 Å². The van der Waals surface area contributed by atoms with Gasteiger partial charge in [0, 0.05) is 18.3 Å². The number of nitrogens with zero attached hydrogens (tertiary/aromatic N) is 1. The quantitative estimate of drug-likeness (QED) is 0.692. The smallest absolute Gasteiger partial charge is 0.383 e. The van der Waals surface area contributed by atoms with Gasteiger partial charge in [-0.15, -0.1) is 0 Å². The van der Waals surface area contributed by atoms with E-state index in [4.69, 9.17) is 8.85 Å². The zero-order chi connectivity index (χ0) is 11.7. The fourth-order valence-electron chi connectivity index (χ4n) is 2.59. The molecule has 0 amide bonds. The molecule has 0 aliphatic carbocycles. The van der Waals surface area contributed by atoms with Gasteiger partial charge in [-0.05, 0) is 26.3 Å². The predicted octanol–water partition coefficient (Wildman–Crippen LogP) is 1.01. The first-order chi connectivity index (χ1) is 6.92. The third-order valence-corrected chi connectivity index (χ3v) is 10.6. The van der Waals surface area contributed by atoms with Crippen LogP contribution >= 0.6 is 0 Å². The molecule has 90 valence electrons. The summed E-state index contributed by atoms with van der Waals surface area (Å²) in [7, 11) is -1.09. The van der Waals surface area contributed by atoms with Crippen LogP contribution in [0.15, 0.2) is 0 Å². The maximum Gasteiger partial charge on any atom is 0.426 e. The van der Waals surface area contributed by atoms with Gasteiger partial charge in [0.1, 0.15) is 0 Å². The second-order valence-corrected chi connectivity index (χ2v) is 10.7. The van der Waals surface area contributed by atoms with E-state index in [1.807, 2.05) is 0 Å². The van der Waals surface area contributed by atoms with Crippen molar-refractivity contribution in [2.24, 2.45) is 5.92 Å². The van der Waals surface area contributed by atoms with Crippen molar-refractivity contribution < 1.29 is 8.85 Å². The molecular weight excluding hydrogens is 222 g/mol. The van der Waals surface area contributed by atoms with Crippen LogP contribution in [0.1, 0.15) is 34.6 Å². The van der Waals surface area contributed by atoms with Crippen LogP contribution in [-0.4, -0.2) is 43.1 Å². The van der Waals surface area contributed by atoms with E-state index >= 15 is 0 Å². The molecule has 1 atom stereocenters. The number of rotatable bonds is 4. The highest BCUT2D eigenvalue weighted by molar-refractivity contribution is 6.72. The van der Waals surface area contributed by atoms with Crippen LogP contribution in [0.4, 0.5) is 0 Å². The molecule has 0 aromatic rings. The molecule has 3 nitrogen and oxygen atoms in total. The molecular formula is C10H25NO2Si2. The maximum absolute atomic E-state index is 6.11. The third-order valence-electron chi connectivity index (χ3n) is 3.78. The lowest BCUT2D eigenvalue weighted by molar-refractivity contribution is 0.139. The van der Waals surface area contributed by atoms with Crippen molar-refractivity contribution in [3.63, 3.8) is 0 Å². The molecule has 1 fully saturated rings. The Bertz CT molecular complexity index is 217. The highest BCUT2D eigenvalue weighted by Gasteiger charge is 2.63. The minimum atomic E-state index is -2.13. The summed E-state index contributed by atoms with van der Waals surface area (Å²) in [6, 6.07) is 0. The number of hydrogen-bond acceptors (Lipinski definition) is 3. The van der Waals surface area contributed by atoms with E-state index in [1.165, 1.54) is 0 Å². The van der Waals surface area contributed by atoms with Crippen molar-refractivity contribution >= 4 is 19.1 Å². The van der Waals surface area contributed by atoms with E-state index in [9.17, 15) is 0 Å².